The van der Waals surface area contributed by atoms with Crippen LogP contribution >= 0.6 is 15.9 Å². The molecule has 1 saturated heterocycles. The second kappa shape index (κ2) is 8.51. The number of hydrogen-bond acceptors (Lipinski definition) is 6. The highest BCUT2D eigenvalue weighted by Gasteiger charge is 2.32. The molecule has 4 rings (SSSR count). The number of ether oxygens (including phenoxy) is 2. The molecule has 1 fully saturated rings. The fourth-order valence-corrected chi connectivity index (χ4v) is 4.19. The van der Waals surface area contributed by atoms with Crippen molar-refractivity contribution >= 4 is 33.4 Å². The maximum absolute atomic E-state index is 11.5. The second-order valence-corrected chi connectivity index (χ2v) is 9.38. The number of benzene rings is 2. The molecule has 0 unspecified atom stereocenters. The Kier molecular flexibility index (Phi) is 5.94. The number of piperazine rings is 1. The zero-order valence-corrected chi connectivity index (χ0v) is 19.5. The summed E-state index contributed by atoms with van der Waals surface area (Å²) in [5.41, 5.74) is 0.894. The van der Waals surface area contributed by atoms with Gasteiger partial charge in [-0.3, -0.25) is 9.69 Å². The number of hydrogen-bond donors (Lipinski definition) is 1. The fourth-order valence-electron chi connectivity index (χ4n) is 3.84. The molecule has 2 aliphatic rings. The van der Waals surface area contributed by atoms with E-state index in [-0.39, 0.29) is 0 Å². The molecule has 0 aromatic heterocycles. The third-order valence-corrected chi connectivity index (χ3v) is 6.16. The van der Waals surface area contributed by atoms with Crippen LogP contribution in [0, 0.1) is 5.41 Å². The standard InChI is InChI=1S/C23H26BrN3O4/c1-23(2,22(28)29)14-26-8-10-27(11-9-26)21-17-6-5-16(30-3)13-20(17)31-19-7-4-15(24)12-18(19)25-21/h4-7,12-13H,8-11,14H2,1-3H3,(H,28,29). The first kappa shape index (κ1) is 21.6. The molecular formula is C23H26BrN3O4. The summed E-state index contributed by atoms with van der Waals surface area (Å²) in [6, 6.07) is 11.6. The zero-order valence-electron chi connectivity index (χ0n) is 17.9. The number of halogens is 1. The third-order valence-electron chi connectivity index (χ3n) is 5.67. The molecular weight excluding hydrogens is 462 g/mol. The number of amidine groups is 1. The van der Waals surface area contributed by atoms with Gasteiger partial charge in [0.1, 0.15) is 23.0 Å². The van der Waals surface area contributed by atoms with Crippen LogP contribution in [-0.4, -0.2) is 66.5 Å². The normalized spacial score (nSPS) is 16.5. The number of aliphatic carboxylic acids is 1. The number of carboxylic acids is 1. The van der Waals surface area contributed by atoms with E-state index in [1.54, 1.807) is 21.0 Å². The average Bonchev–Trinajstić information content (AvgIpc) is 2.89. The summed E-state index contributed by atoms with van der Waals surface area (Å²) in [6.45, 7) is 7.11. The van der Waals surface area contributed by atoms with E-state index in [0.29, 0.717) is 18.0 Å². The summed E-state index contributed by atoms with van der Waals surface area (Å²) in [5.74, 6) is 2.19. The van der Waals surface area contributed by atoms with Crippen LogP contribution in [0.25, 0.3) is 0 Å². The van der Waals surface area contributed by atoms with Gasteiger partial charge in [-0.25, -0.2) is 4.99 Å². The summed E-state index contributed by atoms with van der Waals surface area (Å²) >= 11 is 3.52. The van der Waals surface area contributed by atoms with Gasteiger partial charge in [-0.1, -0.05) is 15.9 Å². The molecule has 164 valence electrons. The van der Waals surface area contributed by atoms with Gasteiger partial charge in [0, 0.05) is 43.3 Å². The Bertz CT molecular complexity index is 1030. The lowest BCUT2D eigenvalue weighted by atomic mass is 9.93. The van der Waals surface area contributed by atoms with E-state index in [1.807, 2.05) is 36.4 Å². The highest BCUT2D eigenvalue weighted by atomic mass is 79.9. The Hall–Kier alpha value is -2.58. The number of carbonyl (C=O) groups is 1. The Morgan fingerprint density at radius 3 is 2.58 bits per heavy atom. The zero-order chi connectivity index (χ0) is 22.2. The van der Waals surface area contributed by atoms with Crippen molar-refractivity contribution in [3.8, 4) is 17.2 Å². The number of fused-ring (bicyclic) bond motifs is 2. The Morgan fingerprint density at radius 1 is 1.16 bits per heavy atom. The van der Waals surface area contributed by atoms with Crippen molar-refractivity contribution in [3.05, 3.63) is 46.4 Å². The van der Waals surface area contributed by atoms with Crippen molar-refractivity contribution < 1.29 is 19.4 Å². The van der Waals surface area contributed by atoms with Gasteiger partial charge in [0.15, 0.2) is 5.75 Å². The van der Waals surface area contributed by atoms with E-state index in [9.17, 15) is 9.90 Å². The number of methoxy groups -OCH3 is 1. The quantitative estimate of drug-likeness (QED) is 0.689. The largest absolute Gasteiger partial charge is 0.497 e. The molecule has 0 spiro atoms. The first-order valence-corrected chi connectivity index (χ1v) is 11.0. The van der Waals surface area contributed by atoms with Crippen molar-refractivity contribution in [3.63, 3.8) is 0 Å². The summed E-state index contributed by atoms with van der Waals surface area (Å²) in [7, 11) is 1.64. The van der Waals surface area contributed by atoms with Gasteiger partial charge in [0.25, 0.3) is 0 Å². The Labute approximate surface area is 190 Å². The van der Waals surface area contributed by atoms with Crippen molar-refractivity contribution in [2.45, 2.75) is 13.8 Å². The van der Waals surface area contributed by atoms with E-state index in [1.165, 1.54) is 0 Å². The molecule has 2 aromatic carbocycles. The average molecular weight is 488 g/mol. The number of aliphatic imine (C=N–C) groups is 1. The van der Waals surface area contributed by atoms with Gasteiger partial charge in [-0.2, -0.15) is 0 Å². The van der Waals surface area contributed by atoms with Gasteiger partial charge in [-0.15, -0.1) is 0 Å². The van der Waals surface area contributed by atoms with Crippen LogP contribution in [0.4, 0.5) is 5.69 Å². The topological polar surface area (TPSA) is 74.6 Å². The third kappa shape index (κ3) is 4.55. The first-order valence-electron chi connectivity index (χ1n) is 10.2. The van der Waals surface area contributed by atoms with Gasteiger partial charge in [0.05, 0.1) is 18.1 Å². The van der Waals surface area contributed by atoms with Crippen molar-refractivity contribution in [2.24, 2.45) is 10.4 Å². The minimum Gasteiger partial charge on any atom is -0.497 e. The monoisotopic (exact) mass is 487 g/mol. The molecule has 0 radical (unpaired) electrons. The lowest BCUT2D eigenvalue weighted by Gasteiger charge is -2.39. The molecule has 8 heteroatoms. The minimum absolute atomic E-state index is 0.523. The number of rotatable bonds is 4. The van der Waals surface area contributed by atoms with Crippen LogP contribution in [0.1, 0.15) is 19.4 Å². The highest BCUT2D eigenvalue weighted by Crippen LogP contribution is 2.41. The molecule has 1 N–H and O–H groups in total. The lowest BCUT2D eigenvalue weighted by molar-refractivity contribution is -0.148. The molecule has 7 nitrogen and oxygen atoms in total. The van der Waals surface area contributed by atoms with Crippen LogP contribution in [0.15, 0.2) is 45.9 Å². The molecule has 2 heterocycles. The maximum atomic E-state index is 11.5. The molecule has 0 amide bonds. The molecule has 0 bridgehead atoms. The first-order chi connectivity index (χ1) is 14.8. The molecule has 0 saturated carbocycles. The van der Waals surface area contributed by atoms with E-state index in [2.05, 4.69) is 25.7 Å². The molecule has 0 atom stereocenters. The summed E-state index contributed by atoms with van der Waals surface area (Å²) < 4.78 is 12.5. The number of nitrogens with zero attached hydrogens (tertiary/aromatic N) is 3. The van der Waals surface area contributed by atoms with Gasteiger partial charge >= 0.3 is 5.97 Å². The lowest BCUT2D eigenvalue weighted by Crippen LogP contribution is -2.52. The van der Waals surface area contributed by atoms with E-state index in [4.69, 9.17) is 14.5 Å². The van der Waals surface area contributed by atoms with Crippen LogP contribution in [-0.2, 0) is 4.79 Å². The number of carboxylic acid groups (broad SMARTS) is 1. The summed E-state index contributed by atoms with van der Waals surface area (Å²) in [6.07, 6.45) is 0. The van der Waals surface area contributed by atoms with Crippen LogP contribution < -0.4 is 9.47 Å². The van der Waals surface area contributed by atoms with Gasteiger partial charge in [-0.05, 0) is 44.2 Å². The molecule has 2 aromatic rings. The molecule has 2 aliphatic heterocycles. The predicted molar refractivity (Wildman–Crippen MR) is 123 cm³/mol. The summed E-state index contributed by atoms with van der Waals surface area (Å²) in [4.78, 5) is 20.9. The van der Waals surface area contributed by atoms with Gasteiger partial charge < -0.3 is 19.5 Å². The Balaban J connectivity index is 1.63. The van der Waals surface area contributed by atoms with Crippen LogP contribution in [0.2, 0.25) is 0 Å². The second-order valence-electron chi connectivity index (χ2n) is 8.46. The fraction of sp³-hybridized carbons (Fsp3) is 0.391. The SMILES string of the molecule is COc1ccc2c(c1)Oc1ccc(Br)cc1N=C2N1CCN(CC(C)(C)C(=O)O)CC1. The molecule has 31 heavy (non-hydrogen) atoms. The smallest absolute Gasteiger partial charge is 0.310 e. The van der Waals surface area contributed by atoms with Crippen LogP contribution in [0.5, 0.6) is 17.2 Å². The molecule has 0 aliphatic carbocycles. The van der Waals surface area contributed by atoms with Crippen molar-refractivity contribution in [1.29, 1.82) is 0 Å². The minimum atomic E-state index is -0.774. The maximum Gasteiger partial charge on any atom is 0.310 e. The van der Waals surface area contributed by atoms with Gasteiger partial charge in [0.2, 0.25) is 0 Å². The predicted octanol–water partition coefficient (Wildman–Crippen LogP) is 4.37. The van der Waals surface area contributed by atoms with E-state index >= 15 is 0 Å². The van der Waals surface area contributed by atoms with Crippen LogP contribution in [0.3, 0.4) is 0 Å². The highest BCUT2D eigenvalue weighted by molar-refractivity contribution is 9.10. The van der Waals surface area contributed by atoms with E-state index < -0.39 is 11.4 Å². The van der Waals surface area contributed by atoms with Crippen molar-refractivity contribution in [2.75, 3.05) is 39.8 Å². The van der Waals surface area contributed by atoms with Crippen molar-refractivity contribution in [1.82, 2.24) is 9.80 Å². The Morgan fingerprint density at radius 2 is 1.90 bits per heavy atom. The van der Waals surface area contributed by atoms with E-state index in [0.717, 1.165) is 53.5 Å². The summed E-state index contributed by atoms with van der Waals surface area (Å²) in [5, 5.41) is 9.44.